The number of alkyl halides is 3. The molecule has 28 heavy (non-hydrogen) atoms. The molecular weight excluding hydrogens is 385 g/mol. The van der Waals surface area contributed by atoms with Gasteiger partial charge in [0, 0.05) is 10.2 Å². The molecule has 7 heteroatoms. The lowest BCUT2D eigenvalue weighted by molar-refractivity contribution is -0.127. The second-order valence-corrected chi connectivity index (χ2v) is 9.61. The summed E-state index contributed by atoms with van der Waals surface area (Å²) in [5.41, 5.74) is 1.05. The van der Waals surface area contributed by atoms with Gasteiger partial charge >= 0.3 is 6.18 Å². The van der Waals surface area contributed by atoms with Gasteiger partial charge in [-0.25, -0.2) is 0 Å². The molecule has 2 bridgehead atoms. The maximum Gasteiger partial charge on any atom is 0.393 e. The van der Waals surface area contributed by atoms with E-state index in [1.54, 1.807) is 19.1 Å². The highest BCUT2D eigenvalue weighted by Crippen LogP contribution is 2.53. The van der Waals surface area contributed by atoms with E-state index >= 15 is 0 Å². The molecule has 1 saturated carbocycles. The van der Waals surface area contributed by atoms with Gasteiger partial charge in [0.05, 0.1) is 17.3 Å². The fraction of sp³-hybridized carbons (Fsp3) is 0.571. The second kappa shape index (κ2) is 6.20. The number of nitrogens with zero attached hydrogens (tertiary/aromatic N) is 1. The predicted molar refractivity (Wildman–Crippen MR) is 104 cm³/mol. The van der Waals surface area contributed by atoms with Crippen LogP contribution in [-0.2, 0) is 6.42 Å². The van der Waals surface area contributed by atoms with Gasteiger partial charge in [0.25, 0.3) is 5.91 Å². The Morgan fingerprint density at radius 2 is 2.00 bits per heavy atom. The van der Waals surface area contributed by atoms with Crippen LogP contribution < -0.4 is 5.32 Å². The van der Waals surface area contributed by atoms with Crippen LogP contribution >= 0.6 is 11.3 Å². The van der Waals surface area contributed by atoms with Crippen LogP contribution in [0.4, 0.5) is 13.2 Å². The molecule has 4 fully saturated rings. The van der Waals surface area contributed by atoms with Gasteiger partial charge in [-0.15, -0.1) is 11.3 Å². The molecule has 1 N–H and O–H groups in total. The number of hydrogen-bond acceptors (Lipinski definition) is 3. The molecule has 3 nitrogen and oxygen atoms in total. The van der Waals surface area contributed by atoms with Crippen molar-refractivity contribution < 1.29 is 18.0 Å². The lowest BCUT2D eigenvalue weighted by Gasteiger charge is -2.52. The van der Waals surface area contributed by atoms with Gasteiger partial charge < -0.3 is 5.32 Å². The molecule has 3 saturated heterocycles. The van der Waals surface area contributed by atoms with Crippen molar-refractivity contribution in [3.8, 4) is 0 Å². The topological polar surface area (TPSA) is 32.3 Å². The summed E-state index contributed by atoms with van der Waals surface area (Å²) in [7, 11) is 0. The van der Waals surface area contributed by atoms with Crippen molar-refractivity contribution in [2.75, 3.05) is 13.1 Å². The molecule has 4 aliphatic rings. The van der Waals surface area contributed by atoms with Gasteiger partial charge in [-0.05, 0) is 74.2 Å². The van der Waals surface area contributed by atoms with E-state index in [1.807, 2.05) is 6.07 Å². The monoisotopic (exact) mass is 408 g/mol. The fourth-order valence-electron chi connectivity index (χ4n) is 5.32. The minimum absolute atomic E-state index is 0.137. The molecule has 1 aromatic carbocycles. The number of rotatable bonds is 3. The summed E-state index contributed by atoms with van der Waals surface area (Å²) in [6.07, 6.45) is -0.715. The van der Waals surface area contributed by atoms with Crippen molar-refractivity contribution in [2.45, 2.75) is 56.8 Å². The number of thiophene rings is 1. The quantitative estimate of drug-likeness (QED) is 0.800. The Kier molecular flexibility index (Phi) is 4.08. The molecule has 1 spiro atoms. The minimum atomic E-state index is -4.26. The van der Waals surface area contributed by atoms with E-state index < -0.39 is 12.6 Å². The molecule has 0 radical (unpaired) electrons. The number of aryl methyl sites for hydroxylation is 1. The molecule has 1 amide bonds. The number of carbonyl (C=O) groups excluding carboxylic acids is 1. The highest BCUT2D eigenvalue weighted by molar-refractivity contribution is 7.21. The van der Waals surface area contributed by atoms with Crippen molar-refractivity contribution in [2.24, 2.45) is 5.92 Å². The van der Waals surface area contributed by atoms with Crippen molar-refractivity contribution in [3.05, 3.63) is 34.2 Å². The molecular formula is C21H23F3N2OS. The molecule has 3 aliphatic heterocycles. The van der Waals surface area contributed by atoms with E-state index in [2.05, 4.69) is 10.2 Å². The molecule has 1 unspecified atom stereocenters. The standard InChI is InChI=1S/C21H23F3N2OS/c1-12-2-3-14-10-16(28-17(14)15(12)11-21(22,23)24)19(27)25-18-13-4-8-26(9-5-13)20(18)6-7-20/h2-3,10,13,18H,4-9,11H2,1H3,(H,25,27). The minimum Gasteiger partial charge on any atom is -0.346 e. The van der Waals surface area contributed by atoms with Crippen LogP contribution in [-0.4, -0.2) is 41.7 Å². The van der Waals surface area contributed by atoms with E-state index in [-0.39, 0.29) is 23.1 Å². The van der Waals surface area contributed by atoms with E-state index in [1.165, 1.54) is 11.3 Å². The summed E-state index contributed by atoms with van der Waals surface area (Å²) in [6.45, 7) is 3.95. The molecule has 4 heterocycles. The Bertz CT molecular complexity index is 939. The number of amides is 1. The smallest absolute Gasteiger partial charge is 0.346 e. The van der Waals surface area contributed by atoms with Crippen LogP contribution in [0.1, 0.15) is 46.5 Å². The Balaban J connectivity index is 1.43. The first-order chi connectivity index (χ1) is 13.3. The third-order valence-electron chi connectivity index (χ3n) is 6.89. The molecule has 150 valence electrons. The van der Waals surface area contributed by atoms with Crippen LogP contribution in [0.2, 0.25) is 0 Å². The number of hydrogen-bond donors (Lipinski definition) is 1. The highest BCUT2D eigenvalue weighted by atomic mass is 32.1. The van der Waals surface area contributed by atoms with Crippen molar-refractivity contribution in [1.82, 2.24) is 10.2 Å². The third-order valence-corrected chi connectivity index (χ3v) is 8.10. The summed E-state index contributed by atoms with van der Waals surface area (Å²) >= 11 is 1.19. The van der Waals surface area contributed by atoms with Gasteiger partial charge in [-0.2, -0.15) is 13.2 Å². The average Bonchev–Trinajstić information content (AvgIpc) is 3.29. The van der Waals surface area contributed by atoms with Gasteiger partial charge in [-0.3, -0.25) is 9.69 Å². The van der Waals surface area contributed by atoms with Crippen LogP contribution in [0.15, 0.2) is 18.2 Å². The zero-order valence-electron chi connectivity index (χ0n) is 15.7. The summed E-state index contributed by atoms with van der Waals surface area (Å²) < 4.78 is 39.6. The molecule has 6 rings (SSSR count). The number of benzene rings is 1. The third kappa shape index (κ3) is 2.94. The van der Waals surface area contributed by atoms with E-state index in [0.717, 1.165) is 44.2 Å². The van der Waals surface area contributed by atoms with Crippen LogP contribution in [0, 0.1) is 12.8 Å². The van der Waals surface area contributed by atoms with Gasteiger partial charge in [-0.1, -0.05) is 12.1 Å². The second-order valence-electron chi connectivity index (χ2n) is 8.56. The number of nitrogens with one attached hydrogen (secondary N) is 1. The van der Waals surface area contributed by atoms with Crippen LogP contribution in [0.25, 0.3) is 10.1 Å². The largest absolute Gasteiger partial charge is 0.393 e. The Morgan fingerprint density at radius 3 is 2.64 bits per heavy atom. The van der Waals surface area contributed by atoms with E-state index in [9.17, 15) is 18.0 Å². The van der Waals surface area contributed by atoms with Gasteiger partial charge in [0.15, 0.2) is 0 Å². The maximum absolute atomic E-state index is 13.0. The van der Waals surface area contributed by atoms with E-state index in [0.29, 0.717) is 21.1 Å². The first-order valence-corrected chi connectivity index (χ1v) is 10.7. The summed E-state index contributed by atoms with van der Waals surface area (Å²) in [5.74, 6) is 0.385. The van der Waals surface area contributed by atoms with Crippen LogP contribution in [0.5, 0.6) is 0 Å². The summed E-state index contributed by atoms with van der Waals surface area (Å²) in [4.78, 5) is 16.1. The van der Waals surface area contributed by atoms with Crippen LogP contribution in [0.3, 0.4) is 0 Å². The molecule has 1 aromatic heterocycles. The maximum atomic E-state index is 13.0. The Labute approximate surface area is 165 Å². The molecule has 1 atom stereocenters. The van der Waals surface area contributed by atoms with Gasteiger partial charge in [0.2, 0.25) is 0 Å². The SMILES string of the molecule is Cc1ccc2cc(C(=O)NC3C4CCN(CC4)C34CC4)sc2c1CC(F)(F)F. The van der Waals surface area contributed by atoms with Crippen molar-refractivity contribution in [3.63, 3.8) is 0 Å². The predicted octanol–water partition coefficient (Wildman–Crippen LogP) is 4.67. The van der Waals surface area contributed by atoms with Crippen molar-refractivity contribution in [1.29, 1.82) is 0 Å². The lowest BCUT2D eigenvalue weighted by Crippen LogP contribution is -2.65. The number of halogens is 3. The Hall–Kier alpha value is -1.60. The lowest BCUT2D eigenvalue weighted by atomic mass is 9.77. The average molecular weight is 408 g/mol. The Morgan fingerprint density at radius 1 is 1.29 bits per heavy atom. The van der Waals surface area contributed by atoms with E-state index in [4.69, 9.17) is 0 Å². The van der Waals surface area contributed by atoms with Crippen molar-refractivity contribution >= 4 is 27.3 Å². The zero-order chi connectivity index (χ0) is 19.7. The molecule has 2 aromatic rings. The summed E-state index contributed by atoms with van der Waals surface area (Å²) in [5, 5.41) is 3.99. The normalized spacial score (nSPS) is 28.1. The highest BCUT2D eigenvalue weighted by Gasteiger charge is 2.60. The number of piperidine rings is 3. The first-order valence-electron chi connectivity index (χ1n) is 9.91. The van der Waals surface area contributed by atoms with Gasteiger partial charge in [0.1, 0.15) is 0 Å². The molecule has 1 aliphatic carbocycles. The first kappa shape index (κ1) is 18.4. The summed E-state index contributed by atoms with van der Waals surface area (Å²) in [6, 6.07) is 5.44. The number of carbonyl (C=O) groups is 1. The fourth-order valence-corrected chi connectivity index (χ4v) is 6.48. The zero-order valence-corrected chi connectivity index (χ0v) is 16.6. The number of fused-ring (bicyclic) bond motifs is 3.